The molecule has 1 aliphatic rings. The lowest BCUT2D eigenvalue weighted by Gasteiger charge is -2.44. The quantitative estimate of drug-likeness (QED) is 0.338. The standard InChI is InChI=1S/C27H29NO7/c1-19-25(32-17-20-8-4-2-5-9-20)26(33-18-21-10-6-3-7-11-21)24(16-29)35-27(19)34-23-14-12-22(13-15-23)28(30)31/h2-15,19,24-27,29H,16-18H2,1H3. The van der Waals surface area contributed by atoms with E-state index >= 15 is 0 Å². The van der Waals surface area contributed by atoms with Crippen molar-refractivity contribution in [2.75, 3.05) is 6.61 Å². The normalized spacial score (nSPS) is 24.1. The lowest BCUT2D eigenvalue weighted by molar-refractivity contribution is -0.384. The summed E-state index contributed by atoms with van der Waals surface area (Å²) in [4.78, 5) is 10.5. The second-order valence-corrected chi connectivity index (χ2v) is 8.48. The summed E-state index contributed by atoms with van der Waals surface area (Å²) >= 11 is 0. The maximum atomic E-state index is 10.9. The molecule has 1 heterocycles. The number of nitro groups is 1. The van der Waals surface area contributed by atoms with Crippen LogP contribution < -0.4 is 4.74 Å². The first kappa shape index (κ1) is 24.8. The molecular formula is C27H29NO7. The molecule has 0 amide bonds. The van der Waals surface area contributed by atoms with Crippen LogP contribution in [0.3, 0.4) is 0 Å². The summed E-state index contributed by atoms with van der Waals surface area (Å²) in [5.74, 6) is 0.159. The summed E-state index contributed by atoms with van der Waals surface area (Å²) in [6.45, 7) is 2.37. The van der Waals surface area contributed by atoms with Gasteiger partial charge in [0.25, 0.3) is 5.69 Å². The molecule has 8 heteroatoms. The van der Waals surface area contributed by atoms with Gasteiger partial charge < -0.3 is 24.1 Å². The van der Waals surface area contributed by atoms with E-state index in [1.54, 1.807) is 0 Å². The van der Waals surface area contributed by atoms with Crippen LogP contribution >= 0.6 is 0 Å². The van der Waals surface area contributed by atoms with E-state index in [9.17, 15) is 15.2 Å². The highest BCUT2D eigenvalue weighted by molar-refractivity contribution is 5.36. The molecule has 0 saturated carbocycles. The third kappa shape index (κ3) is 6.43. The van der Waals surface area contributed by atoms with Gasteiger partial charge in [-0.2, -0.15) is 0 Å². The highest BCUT2D eigenvalue weighted by atomic mass is 16.7. The molecule has 0 aromatic heterocycles. The number of hydrogen-bond acceptors (Lipinski definition) is 7. The Hall–Kier alpha value is -3.30. The largest absolute Gasteiger partial charge is 0.465 e. The van der Waals surface area contributed by atoms with Gasteiger partial charge in [0.05, 0.1) is 30.8 Å². The first-order chi connectivity index (χ1) is 17.0. The summed E-state index contributed by atoms with van der Waals surface area (Å²) < 4.78 is 24.7. The van der Waals surface area contributed by atoms with Gasteiger partial charge in [-0.15, -0.1) is 0 Å². The third-order valence-corrected chi connectivity index (χ3v) is 6.00. The van der Waals surface area contributed by atoms with E-state index in [4.69, 9.17) is 18.9 Å². The molecule has 1 fully saturated rings. The van der Waals surface area contributed by atoms with Crippen molar-refractivity contribution in [1.29, 1.82) is 0 Å². The van der Waals surface area contributed by atoms with Crippen LogP contribution in [0.2, 0.25) is 0 Å². The fraction of sp³-hybridized carbons (Fsp3) is 0.333. The van der Waals surface area contributed by atoms with Crippen molar-refractivity contribution >= 4 is 5.69 Å². The van der Waals surface area contributed by atoms with Crippen LogP contribution in [0.25, 0.3) is 0 Å². The molecule has 184 valence electrons. The molecular weight excluding hydrogens is 450 g/mol. The van der Waals surface area contributed by atoms with Crippen LogP contribution in [0, 0.1) is 16.0 Å². The highest BCUT2D eigenvalue weighted by Gasteiger charge is 2.46. The minimum absolute atomic E-state index is 0.0263. The average molecular weight is 480 g/mol. The molecule has 5 unspecified atom stereocenters. The van der Waals surface area contributed by atoms with Crippen molar-refractivity contribution < 1.29 is 29.0 Å². The van der Waals surface area contributed by atoms with E-state index in [0.29, 0.717) is 19.0 Å². The van der Waals surface area contributed by atoms with Gasteiger partial charge in [0, 0.05) is 18.1 Å². The molecule has 3 aromatic carbocycles. The fourth-order valence-corrected chi connectivity index (χ4v) is 4.08. The van der Waals surface area contributed by atoms with Crippen molar-refractivity contribution in [3.63, 3.8) is 0 Å². The van der Waals surface area contributed by atoms with Crippen molar-refractivity contribution in [3.8, 4) is 5.75 Å². The van der Waals surface area contributed by atoms with Crippen molar-refractivity contribution in [2.45, 2.75) is 44.7 Å². The number of rotatable bonds is 10. The van der Waals surface area contributed by atoms with Gasteiger partial charge in [-0.1, -0.05) is 67.6 Å². The van der Waals surface area contributed by atoms with Crippen molar-refractivity contribution in [1.82, 2.24) is 0 Å². The van der Waals surface area contributed by atoms with Gasteiger partial charge >= 0.3 is 0 Å². The molecule has 1 saturated heterocycles. The van der Waals surface area contributed by atoms with Crippen molar-refractivity contribution in [3.05, 3.63) is 106 Å². The average Bonchev–Trinajstić information content (AvgIpc) is 2.89. The lowest BCUT2D eigenvalue weighted by atomic mass is 9.91. The minimum atomic E-state index is -0.744. The molecule has 1 N–H and O–H groups in total. The number of nitro benzene ring substituents is 1. The summed E-state index contributed by atoms with van der Waals surface area (Å²) in [5, 5.41) is 21.1. The van der Waals surface area contributed by atoms with Crippen LogP contribution in [0.1, 0.15) is 18.1 Å². The van der Waals surface area contributed by atoms with E-state index in [1.807, 2.05) is 67.6 Å². The van der Waals surface area contributed by atoms with Gasteiger partial charge in [0.1, 0.15) is 18.0 Å². The maximum Gasteiger partial charge on any atom is 0.269 e. The van der Waals surface area contributed by atoms with Crippen LogP contribution in [-0.2, 0) is 27.4 Å². The topological polar surface area (TPSA) is 100 Å². The maximum absolute atomic E-state index is 10.9. The van der Waals surface area contributed by atoms with Gasteiger partial charge in [-0.25, -0.2) is 0 Å². The van der Waals surface area contributed by atoms with Gasteiger partial charge in [-0.05, 0) is 23.3 Å². The first-order valence-electron chi connectivity index (χ1n) is 11.5. The van der Waals surface area contributed by atoms with Crippen LogP contribution in [0.4, 0.5) is 5.69 Å². The fourth-order valence-electron chi connectivity index (χ4n) is 4.08. The smallest absolute Gasteiger partial charge is 0.269 e. The second-order valence-electron chi connectivity index (χ2n) is 8.48. The van der Waals surface area contributed by atoms with Crippen LogP contribution in [0.5, 0.6) is 5.75 Å². The summed E-state index contributed by atoms with van der Waals surface area (Å²) in [6, 6.07) is 25.4. The van der Waals surface area contributed by atoms with Gasteiger partial charge in [-0.3, -0.25) is 10.1 Å². The highest BCUT2D eigenvalue weighted by Crippen LogP contribution is 2.33. The Bertz CT molecular complexity index is 1060. The second kappa shape index (κ2) is 11.9. The van der Waals surface area contributed by atoms with E-state index in [1.165, 1.54) is 24.3 Å². The summed E-state index contributed by atoms with van der Waals surface area (Å²) in [7, 11) is 0. The van der Waals surface area contributed by atoms with Crippen LogP contribution in [0.15, 0.2) is 84.9 Å². The molecule has 0 aliphatic carbocycles. The Balaban J connectivity index is 1.52. The lowest BCUT2D eigenvalue weighted by Crippen LogP contribution is -2.58. The SMILES string of the molecule is CC1C(Oc2ccc([N+](=O)[O-])cc2)OC(CO)C(OCc2ccccc2)C1OCc1ccccc1. The molecule has 4 rings (SSSR count). The predicted molar refractivity (Wildman–Crippen MR) is 129 cm³/mol. The van der Waals surface area contributed by atoms with E-state index in [-0.39, 0.29) is 18.2 Å². The molecule has 35 heavy (non-hydrogen) atoms. The molecule has 0 radical (unpaired) electrons. The molecule has 8 nitrogen and oxygen atoms in total. The first-order valence-corrected chi connectivity index (χ1v) is 11.5. The Labute approximate surface area is 204 Å². The number of non-ortho nitro benzene ring substituents is 1. The number of ether oxygens (including phenoxy) is 4. The molecule has 3 aromatic rings. The Morgan fingerprint density at radius 1 is 0.857 bits per heavy atom. The zero-order valence-corrected chi connectivity index (χ0v) is 19.4. The van der Waals surface area contributed by atoms with Crippen molar-refractivity contribution in [2.24, 2.45) is 5.92 Å². The van der Waals surface area contributed by atoms with E-state index in [2.05, 4.69) is 0 Å². The van der Waals surface area contributed by atoms with Crippen LogP contribution in [-0.4, -0.2) is 41.2 Å². The summed E-state index contributed by atoms with van der Waals surface area (Å²) in [6.07, 6.45) is -2.40. The van der Waals surface area contributed by atoms with E-state index < -0.39 is 29.5 Å². The molecule has 0 spiro atoms. The zero-order valence-electron chi connectivity index (χ0n) is 19.4. The number of benzene rings is 3. The Morgan fingerprint density at radius 3 is 1.91 bits per heavy atom. The van der Waals surface area contributed by atoms with Gasteiger partial charge in [0.15, 0.2) is 0 Å². The van der Waals surface area contributed by atoms with Gasteiger partial charge in [0.2, 0.25) is 6.29 Å². The Kier molecular flexibility index (Phi) is 8.44. The minimum Gasteiger partial charge on any atom is -0.465 e. The predicted octanol–water partition coefficient (Wildman–Crippen LogP) is 4.50. The molecule has 0 bridgehead atoms. The Morgan fingerprint density at radius 2 is 1.40 bits per heavy atom. The third-order valence-electron chi connectivity index (χ3n) is 6.00. The van der Waals surface area contributed by atoms with E-state index in [0.717, 1.165) is 11.1 Å². The number of aliphatic hydroxyl groups is 1. The molecule has 5 atom stereocenters. The monoisotopic (exact) mass is 479 g/mol. The zero-order chi connectivity index (χ0) is 24.6. The number of nitrogens with zero attached hydrogens (tertiary/aromatic N) is 1. The number of hydrogen-bond donors (Lipinski definition) is 1. The number of aliphatic hydroxyl groups excluding tert-OH is 1. The molecule has 1 aliphatic heterocycles. The summed E-state index contributed by atoms with van der Waals surface area (Å²) in [5.41, 5.74) is 1.99.